The highest BCUT2D eigenvalue weighted by Crippen LogP contribution is 2.13. The zero-order chi connectivity index (χ0) is 10.9. The molecule has 0 aliphatic heterocycles. The van der Waals surface area contributed by atoms with Crippen LogP contribution in [0.15, 0.2) is 4.79 Å². The van der Waals surface area contributed by atoms with Gasteiger partial charge in [0.25, 0.3) is 5.56 Å². The Morgan fingerprint density at radius 2 is 1.93 bits per heavy atom. The Kier molecular flexibility index (Phi) is 3.06. The van der Waals surface area contributed by atoms with Crippen LogP contribution in [-0.4, -0.2) is 9.97 Å². The lowest BCUT2D eigenvalue weighted by molar-refractivity contribution is 0.706. The third kappa shape index (κ3) is 2.01. The summed E-state index contributed by atoms with van der Waals surface area (Å²) < 4.78 is 0. The highest BCUT2D eigenvalue weighted by molar-refractivity contribution is 5.20. The Balaban J connectivity index is 3.33. The Hall–Kier alpha value is -1.16. The monoisotopic (exact) mass is 195 g/mol. The molecule has 1 heterocycles. The molecule has 0 radical (unpaired) electrons. The molecule has 1 unspecified atom stereocenters. The maximum Gasteiger partial charge on any atom is 0.254 e. The lowest BCUT2D eigenvalue weighted by Gasteiger charge is -2.11. The Labute approximate surface area is 83.6 Å². The van der Waals surface area contributed by atoms with Crippen LogP contribution >= 0.6 is 0 Å². The molecule has 1 aromatic heterocycles. The van der Waals surface area contributed by atoms with Crippen LogP contribution in [0.1, 0.15) is 49.8 Å². The average Bonchev–Trinajstić information content (AvgIpc) is 2.01. The molecule has 0 aliphatic carbocycles. The van der Waals surface area contributed by atoms with E-state index in [1.54, 1.807) is 6.92 Å². The van der Waals surface area contributed by atoms with Crippen molar-refractivity contribution in [3.05, 3.63) is 27.4 Å². The van der Waals surface area contributed by atoms with E-state index < -0.39 is 0 Å². The van der Waals surface area contributed by atoms with Gasteiger partial charge in [-0.2, -0.15) is 0 Å². The van der Waals surface area contributed by atoms with Crippen LogP contribution in [0.5, 0.6) is 0 Å². The quantitative estimate of drug-likeness (QED) is 0.745. The van der Waals surface area contributed by atoms with E-state index in [2.05, 4.69) is 9.97 Å². The van der Waals surface area contributed by atoms with Gasteiger partial charge in [0.2, 0.25) is 0 Å². The Bertz CT molecular complexity index is 379. The SMILES string of the molecule is Cc1nc(C(C)N)[nH]c(=O)c1C(C)C. The normalized spacial score (nSPS) is 13.3. The fourth-order valence-corrected chi connectivity index (χ4v) is 1.51. The predicted octanol–water partition coefficient (Wildman–Crippen LogP) is 1.22. The Morgan fingerprint density at radius 3 is 2.29 bits per heavy atom. The van der Waals surface area contributed by atoms with Gasteiger partial charge in [-0.1, -0.05) is 13.8 Å². The highest BCUT2D eigenvalue weighted by atomic mass is 16.1. The first-order valence-electron chi connectivity index (χ1n) is 4.79. The number of nitrogens with one attached hydrogen (secondary N) is 1. The van der Waals surface area contributed by atoms with E-state index in [1.807, 2.05) is 20.8 Å². The second-order valence-corrected chi connectivity index (χ2v) is 3.89. The van der Waals surface area contributed by atoms with E-state index >= 15 is 0 Å². The molecule has 0 fully saturated rings. The third-order valence-electron chi connectivity index (χ3n) is 2.17. The molecule has 4 heteroatoms. The van der Waals surface area contributed by atoms with Gasteiger partial charge in [0.05, 0.1) is 6.04 Å². The van der Waals surface area contributed by atoms with Crippen LogP contribution in [0.2, 0.25) is 0 Å². The van der Waals surface area contributed by atoms with Crippen molar-refractivity contribution < 1.29 is 0 Å². The van der Waals surface area contributed by atoms with Gasteiger partial charge < -0.3 is 10.7 Å². The molecule has 0 spiro atoms. The summed E-state index contributed by atoms with van der Waals surface area (Å²) in [4.78, 5) is 18.6. The van der Waals surface area contributed by atoms with Crippen molar-refractivity contribution in [2.75, 3.05) is 0 Å². The van der Waals surface area contributed by atoms with Gasteiger partial charge in [-0.05, 0) is 19.8 Å². The number of hydrogen-bond donors (Lipinski definition) is 2. The maximum absolute atomic E-state index is 11.7. The average molecular weight is 195 g/mol. The van der Waals surface area contributed by atoms with Crippen LogP contribution in [0.3, 0.4) is 0 Å². The molecule has 0 saturated heterocycles. The minimum atomic E-state index is -0.234. The zero-order valence-electron chi connectivity index (χ0n) is 9.09. The molecule has 1 rings (SSSR count). The smallest absolute Gasteiger partial charge is 0.254 e. The number of aryl methyl sites for hydroxylation is 1. The summed E-state index contributed by atoms with van der Waals surface area (Å²) >= 11 is 0. The number of nitrogens with zero attached hydrogens (tertiary/aromatic N) is 1. The first-order chi connectivity index (χ1) is 6.43. The van der Waals surface area contributed by atoms with Gasteiger partial charge in [0.15, 0.2) is 0 Å². The van der Waals surface area contributed by atoms with E-state index in [0.29, 0.717) is 5.82 Å². The number of H-pyrrole nitrogens is 1. The van der Waals surface area contributed by atoms with Crippen molar-refractivity contribution in [2.45, 2.75) is 39.7 Å². The van der Waals surface area contributed by atoms with E-state index in [0.717, 1.165) is 11.3 Å². The molecule has 0 amide bonds. The molecule has 4 nitrogen and oxygen atoms in total. The van der Waals surface area contributed by atoms with E-state index in [-0.39, 0.29) is 17.5 Å². The highest BCUT2D eigenvalue weighted by Gasteiger charge is 2.12. The van der Waals surface area contributed by atoms with Crippen LogP contribution in [0.25, 0.3) is 0 Å². The van der Waals surface area contributed by atoms with Crippen LogP contribution in [-0.2, 0) is 0 Å². The Morgan fingerprint density at radius 1 is 1.36 bits per heavy atom. The molecule has 3 N–H and O–H groups in total. The molecule has 0 bridgehead atoms. The molecule has 1 atom stereocenters. The standard InChI is InChI=1S/C10H17N3O/c1-5(2)8-7(4)12-9(6(3)11)13-10(8)14/h5-6H,11H2,1-4H3,(H,12,13,14). The van der Waals surface area contributed by atoms with E-state index in [9.17, 15) is 4.79 Å². The predicted molar refractivity (Wildman–Crippen MR) is 56.3 cm³/mol. The number of nitrogens with two attached hydrogens (primary N) is 1. The molecular weight excluding hydrogens is 178 g/mol. The van der Waals surface area contributed by atoms with Crippen molar-refractivity contribution in [1.82, 2.24) is 9.97 Å². The molecular formula is C10H17N3O. The number of rotatable bonds is 2. The van der Waals surface area contributed by atoms with Crippen LogP contribution in [0.4, 0.5) is 0 Å². The van der Waals surface area contributed by atoms with Gasteiger partial charge >= 0.3 is 0 Å². The van der Waals surface area contributed by atoms with Crippen molar-refractivity contribution in [3.63, 3.8) is 0 Å². The fourth-order valence-electron chi connectivity index (χ4n) is 1.51. The summed E-state index contributed by atoms with van der Waals surface area (Å²) in [6.45, 7) is 7.60. The van der Waals surface area contributed by atoms with Crippen LogP contribution < -0.4 is 11.3 Å². The van der Waals surface area contributed by atoms with E-state index in [1.165, 1.54) is 0 Å². The molecule has 1 aromatic rings. The van der Waals surface area contributed by atoms with Crippen molar-refractivity contribution in [1.29, 1.82) is 0 Å². The minimum absolute atomic E-state index is 0.0696. The zero-order valence-corrected chi connectivity index (χ0v) is 9.09. The van der Waals surface area contributed by atoms with Gasteiger partial charge in [-0.3, -0.25) is 4.79 Å². The summed E-state index contributed by atoms with van der Waals surface area (Å²) in [5.41, 5.74) is 7.09. The number of aromatic amines is 1. The molecule has 0 aliphatic rings. The topological polar surface area (TPSA) is 71.8 Å². The summed E-state index contributed by atoms with van der Waals surface area (Å²) in [5.74, 6) is 0.741. The first kappa shape index (κ1) is 10.9. The van der Waals surface area contributed by atoms with Crippen molar-refractivity contribution in [3.8, 4) is 0 Å². The van der Waals surface area contributed by atoms with Crippen LogP contribution in [0, 0.1) is 6.92 Å². The molecule has 0 saturated carbocycles. The van der Waals surface area contributed by atoms with Gasteiger partial charge in [-0.25, -0.2) is 4.98 Å². The molecule has 0 aromatic carbocycles. The summed E-state index contributed by atoms with van der Waals surface area (Å²) in [5, 5.41) is 0. The molecule has 78 valence electrons. The number of hydrogen-bond acceptors (Lipinski definition) is 3. The fraction of sp³-hybridized carbons (Fsp3) is 0.600. The lowest BCUT2D eigenvalue weighted by Crippen LogP contribution is -2.23. The van der Waals surface area contributed by atoms with E-state index in [4.69, 9.17) is 5.73 Å². The maximum atomic E-state index is 11.7. The minimum Gasteiger partial charge on any atom is -0.322 e. The van der Waals surface area contributed by atoms with Gasteiger partial charge in [0, 0.05) is 11.3 Å². The van der Waals surface area contributed by atoms with Crippen molar-refractivity contribution >= 4 is 0 Å². The first-order valence-corrected chi connectivity index (χ1v) is 4.79. The third-order valence-corrected chi connectivity index (χ3v) is 2.17. The second-order valence-electron chi connectivity index (χ2n) is 3.89. The molecule has 14 heavy (non-hydrogen) atoms. The summed E-state index contributed by atoms with van der Waals surface area (Å²) in [6, 6.07) is -0.234. The van der Waals surface area contributed by atoms with Gasteiger partial charge in [-0.15, -0.1) is 0 Å². The number of aromatic nitrogens is 2. The largest absolute Gasteiger partial charge is 0.322 e. The summed E-state index contributed by atoms with van der Waals surface area (Å²) in [7, 11) is 0. The lowest BCUT2D eigenvalue weighted by atomic mass is 10.0. The van der Waals surface area contributed by atoms with Gasteiger partial charge in [0.1, 0.15) is 5.82 Å². The van der Waals surface area contributed by atoms with Crippen molar-refractivity contribution in [2.24, 2.45) is 5.73 Å². The second kappa shape index (κ2) is 3.92. The summed E-state index contributed by atoms with van der Waals surface area (Å²) in [6.07, 6.45) is 0.